The Labute approximate surface area is 208 Å². The van der Waals surface area contributed by atoms with Gasteiger partial charge < -0.3 is 5.32 Å². The van der Waals surface area contributed by atoms with Gasteiger partial charge in [0.2, 0.25) is 5.91 Å². The van der Waals surface area contributed by atoms with Gasteiger partial charge in [0.15, 0.2) is 5.96 Å². The standard InChI is InChI=1S/C27H28N4OS2/c1-26(2,3)19-7-5-17(6-8-19)23-24(32)31(16-22-29-12-14-34-22)25(28)30-27(23,4)20-9-10-21-18(15-20)11-13-33-21/h5-15,23H,16H2,1-4H3,(H2,28,30)/t23-,27-/m1/s1. The molecule has 0 bridgehead atoms. The van der Waals surface area contributed by atoms with E-state index in [1.807, 2.05) is 12.3 Å². The summed E-state index contributed by atoms with van der Waals surface area (Å²) in [5.74, 6) is -0.474. The molecule has 1 aliphatic rings. The van der Waals surface area contributed by atoms with Crippen LogP contribution in [-0.4, -0.2) is 21.8 Å². The predicted molar refractivity (Wildman–Crippen MR) is 141 cm³/mol. The van der Waals surface area contributed by atoms with E-state index < -0.39 is 11.5 Å². The Hall–Kier alpha value is -3.03. The van der Waals surface area contributed by atoms with Gasteiger partial charge in [0.25, 0.3) is 0 Å². The molecule has 3 heterocycles. The molecule has 0 saturated carbocycles. The summed E-state index contributed by atoms with van der Waals surface area (Å²) in [5.41, 5.74) is 2.42. The van der Waals surface area contributed by atoms with Crippen LogP contribution >= 0.6 is 22.7 Å². The summed E-state index contributed by atoms with van der Waals surface area (Å²) in [7, 11) is 0. The number of carbonyl (C=O) groups excluding carboxylic acids is 1. The molecule has 1 amide bonds. The van der Waals surface area contributed by atoms with E-state index in [0.29, 0.717) is 6.54 Å². The molecule has 1 aliphatic heterocycles. The van der Waals surface area contributed by atoms with Crippen molar-refractivity contribution in [1.29, 1.82) is 5.41 Å². The van der Waals surface area contributed by atoms with E-state index in [9.17, 15) is 4.79 Å². The first kappa shape index (κ1) is 22.7. The number of thiazole rings is 1. The summed E-state index contributed by atoms with van der Waals surface area (Å²) >= 11 is 3.20. The van der Waals surface area contributed by atoms with Gasteiger partial charge in [-0.25, -0.2) is 4.98 Å². The van der Waals surface area contributed by atoms with Crippen molar-refractivity contribution in [3.05, 3.63) is 87.2 Å². The maximum atomic E-state index is 14.1. The molecule has 2 N–H and O–H groups in total. The number of amides is 1. The second kappa shape index (κ2) is 8.32. The molecule has 1 fully saturated rings. The summed E-state index contributed by atoms with van der Waals surface area (Å²) < 4.78 is 1.21. The monoisotopic (exact) mass is 488 g/mol. The number of guanidine groups is 1. The van der Waals surface area contributed by atoms with Gasteiger partial charge in [0, 0.05) is 16.3 Å². The number of hydrogen-bond acceptors (Lipinski definition) is 5. The largest absolute Gasteiger partial charge is 0.346 e. The highest BCUT2D eigenvalue weighted by atomic mass is 32.1. The molecule has 34 heavy (non-hydrogen) atoms. The molecular formula is C27H28N4OS2. The minimum absolute atomic E-state index is 0.0274. The number of aromatic nitrogens is 1. The summed E-state index contributed by atoms with van der Waals surface area (Å²) in [6.45, 7) is 8.89. The molecule has 5 rings (SSSR count). The van der Waals surface area contributed by atoms with Crippen LogP contribution in [0.4, 0.5) is 0 Å². The molecule has 2 aromatic carbocycles. The lowest BCUT2D eigenvalue weighted by molar-refractivity contribution is -0.133. The first-order valence-electron chi connectivity index (χ1n) is 11.3. The quantitative estimate of drug-likeness (QED) is 0.358. The molecule has 2 aromatic heterocycles. The molecule has 174 valence electrons. The highest BCUT2D eigenvalue weighted by Crippen LogP contribution is 2.43. The number of rotatable bonds is 4. The molecule has 2 atom stereocenters. The van der Waals surface area contributed by atoms with Crippen molar-refractivity contribution in [2.75, 3.05) is 0 Å². The van der Waals surface area contributed by atoms with Crippen molar-refractivity contribution in [3.8, 4) is 0 Å². The van der Waals surface area contributed by atoms with Gasteiger partial charge in [0.1, 0.15) is 5.01 Å². The van der Waals surface area contributed by atoms with Gasteiger partial charge in [-0.05, 0) is 58.0 Å². The smallest absolute Gasteiger partial charge is 0.239 e. The van der Waals surface area contributed by atoms with Crippen molar-refractivity contribution in [1.82, 2.24) is 15.2 Å². The highest BCUT2D eigenvalue weighted by molar-refractivity contribution is 7.17. The number of nitrogens with zero attached hydrogens (tertiary/aromatic N) is 2. The van der Waals surface area contributed by atoms with Crippen LogP contribution in [0.3, 0.4) is 0 Å². The van der Waals surface area contributed by atoms with Crippen LogP contribution in [-0.2, 0) is 22.3 Å². The van der Waals surface area contributed by atoms with Crippen LogP contribution in [0.2, 0.25) is 0 Å². The van der Waals surface area contributed by atoms with Crippen molar-refractivity contribution >= 4 is 44.6 Å². The summed E-state index contributed by atoms with van der Waals surface area (Å²) in [4.78, 5) is 19.9. The molecule has 1 saturated heterocycles. The van der Waals surface area contributed by atoms with Crippen LogP contribution in [0.5, 0.6) is 0 Å². The lowest BCUT2D eigenvalue weighted by atomic mass is 9.73. The first-order chi connectivity index (χ1) is 16.2. The van der Waals surface area contributed by atoms with E-state index in [4.69, 9.17) is 5.41 Å². The maximum absolute atomic E-state index is 14.1. The number of hydrogen-bond donors (Lipinski definition) is 2. The Morgan fingerprint density at radius 3 is 2.53 bits per heavy atom. The Balaban J connectivity index is 1.61. The minimum atomic E-state index is -0.771. The minimum Gasteiger partial charge on any atom is -0.346 e. The second-order valence-corrected chi connectivity index (χ2v) is 11.9. The highest BCUT2D eigenvalue weighted by Gasteiger charge is 2.49. The van der Waals surface area contributed by atoms with Crippen molar-refractivity contribution in [3.63, 3.8) is 0 Å². The van der Waals surface area contributed by atoms with Crippen LogP contribution in [0.25, 0.3) is 10.1 Å². The molecule has 5 nitrogen and oxygen atoms in total. The SMILES string of the molecule is CC(C)(C)c1ccc([C@@H]2C(=O)N(Cc3nccs3)C(=N)N[C@]2(C)c2ccc3sccc3c2)cc1. The van der Waals surface area contributed by atoms with E-state index in [1.54, 1.807) is 17.5 Å². The Bertz CT molecular complexity index is 1350. The van der Waals surface area contributed by atoms with E-state index in [2.05, 4.69) is 85.0 Å². The fourth-order valence-electron chi connectivity index (χ4n) is 4.70. The van der Waals surface area contributed by atoms with Crippen molar-refractivity contribution in [2.45, 2.75) is 51.1 Å². The average molecular weight is 489 g/mol. The van der Waals surface area contributed by atoms with E-state index in [1.165, 1.54) is 26.5 Å². The van der Waals surface area contributed by atoms with E-state index in [0.717, 1.165) is 21.5 Å². The number of carbonyl (C=O) groups is 1. The molecule has 7 heteroatoms. The second-order valence-electron chi connectivity index (χ2n) is 10.0. The number of thiophene rings is 1. The molecule has 0 unspecified atom stereocenters. The fourth-order valence-corrected chi connectivity index (χ4v) is 6.08. The Morgan fingerprint density at radius 2 is 1.85 bits per heavy atom. The Morgan fingerprint density at radius 1 is 1.09 bits per heavy atom. The lowest BCUT2D eigenvalue weighted by Crippen LogP contribution is -2.63. The predicted octanol–water partition coefficient (Wildman–Crippen LogP) is 6.22. The van der Waals surface area contributed by atoms with Gasteiger partial charge in [-0.2, -0.15) is 0 Å². The first-order valence-corrected chi connectivity index (χ1v) is 13.1. The van der Waals surface area contributed by atoms with Gasteiger partial charge in [-0.1, -0.05) is 51.1 Å². The van der Waals surface area contributed by atoms with Gasteiger partial charge in [0.05, 0.1) is 18.0 Å². The summed E-state index contributed by atoms with van der Waals surface area (Å²) in [5, 5.41) is 18.1. The van der Waals surface area contributed by atoms with E-state index >= 15 is 0 Å². The van der Waals surface area contributed by atoms with E-state index in [-0.39, 0.29) is 17.3 Å². The van der Waals surface area contributed by atoms with Crippen LogP contribution < -0.4 is 5.32 Å². The van der Waals surface area contributed by atoms with Crippen LogP contribution in [0.15, 0.2) is 65.5 Å². The zero-order valence-electron chi connectivity index (χ0n) is 19.8. The maximum Gasteiger partial charge on any atom is 0.239 e. The molecule has 0 spiro atoms. The molecule has 0 aliphatic carbocycles. The zero-order chi connectivity index (χ0) is 24.1. The Kier molecular flexibility index (Phi) is 5.57. The lowest BCUT2D eigenvalue weighted by Gasteiger charge is -2.46. The topological polar surface area (TPSA) is 69.1 Å². The summed E-state index contributed by atoms with van der Waals surface area (Å²) in [6, 6.07) is 16.8. The molecule has 0 radical (unpaired) electrons. The van der Waals surface area contributed by atoms with Gasteiger partial charge in [-0.3, -0.25) is 15.1 Å². The summed E-state index contributed by atoms with van der Waals surface area (Å²) in [6.07, 6.45) is 1.73. The number of benzene rings is 2. The van der Waals surface area contributed by atoms with Crippen molar-refractivity contribution in [2.24, 2.45) is 0 Å². The third kappa shape index (κ3) is 3.93. The van der Waals surface area contributed by atoms with Crippen molar-refractivity contribution < 1.29 is 4.79 Å². The normalized spacial score (nSPS) is 21.2. The average Bonchev–Trinajstić information content (AvgIpc) is 3.47. The zero-order valence-corrected chi connectivity index (χ0v) is 21.4. The van der Waals surface area contributed by atoms with Gasteiger partial charge in [-0.15, -0.1) is 22.7 Å². The molecular weight excluding hydrogens is 460 g/mol. The van der Waals surface area contributed by atoms with Crippen LogP contribution in [0, 0.1) is 5.41 Å². The van der Waals surface area contributed by atoms with Crippen LogP contribution in [0.1, 0.15) is 55.3 Å². The molecule has 4 aromatic rings. The van der Waals surface area contributed by atoms with Gasteiger partial charge >= 0.3 is 0 Å². The number of fused-ring (bicyclic) bond motifs is 1. The number of nitrogens with one attached hydrogen (secondary N) is 2. The fraction of sp³-hybridized carbons (Fsp3) is 0.296. The third-order valence-electron chi connectivity index (χ3n) is 6.68. The third-order valence-corrected chi connectivity index (χ3v) is 8.34.